The van der Waals surface area contributed by atoms with Gasteiger partial charge >= 0.3 is 12.0 Å². The van der Waals surface area contributed by atoms with Crippen molar-refractivity contribution in [2.45, 2.75) is 38.4 Å². The second-order valence-corrected chi connectivity index (χ2v) is 5.77. The van der Waals surface area contributed by atoms with Crippen LogP contribution >= 0.6 is 0 Å². The number of carbonyl (C=O) groups is 2. The molecule has 126 valence electrons. The van der Waals surface area contributed by atoms with Crippen molar-refractivity contribution in [2.75, 3.05) is 0 Å². The maximum absolute atomic E-state index is 12.0. The summed E-state index contributed by atoms with van der Waals surface area (Å²) in [5, 5.41) is 26.0. The van der Waals surface area contributed by atoms with Crippen LogP contribution in [-0.4, -0.2) is 37.3 Å². The maximum atomic E-state index is 12.0. The van der Waals surface area contributed by atoms with Crippen molar-refractivity contribution < 1.29 is 14.7 Å². The van der Waals surface area contributed by atoms with E-state index in [1.807, 2.05) is 6.92 Å². The molecule has 1 aliphatic carbocycles. The third-order valence-corrected chi connectivity index (χ3v) is 3.77. The fraction of sp³-hybridized carbons (Fsp3) is 0.400. The minimum atomic E-state index is -0.998. The fourth-order valence-corrected chi connectivity index (χ4v) is 2.37. The zero-order valence-electron chi connectivity index (χ0n) is 13.1. The lowest BCUT2D eigenvalue weighted by Gasteiger charge is -2.14. The second-order valence-electron chi connectivity index (χ2n) is 5.77. The van der Waals surface area contributed by atoms with Gasteiger partial charge in [0.2, 0.25) is 0 Å². The Balaban J connectivity index is 1.54. The van der Waals surface area contributed by atoms with Crippen LogP contribution in [0.1, 0.15) is 53.6 Å². The molecule has 1 aromatic heterocycles. The average Bonchev–Trinajstić information content (AvgIpc) is 3.29. The summed E-state index contributed by atoms with van der Waals surface area (Å²) in [6.45, 7) is 2.04. The minimum Gasteiger partial charge on any atom is -0.478 e. The molecular formula is C15H18N6O3. The number of hydrogen-bond donors (Lipinski definition) is 3. The number of benzene rings is 1. The molecule has 24 heavy (non-hydrogen) atoms. The standard InChI is InChI=1S/C15H18N6O3/c1-9(13-18-19-20-21(13)12-5-6-12)17-15(24)16-8-10-3-2-4-11(7-10)14(22)23/h2-4,7,9,12H,5-6,8H2,1H3,(H,22,23)(H2,16,17,24). The maximum Gasteiger partial charge on any atom is 0.335 e. The summed E-state index contributed by atoms with van der Waals surface area (Å²) in [6.07, 6.45) is 2.10. The fourth-order valence-electron chi connectivity index (χ4n) is 2.37. The van der Waals surface area contributed by atoms with Gasteiger partial charge in [-0.1, -0.05) is 12.1 Å². The van der Waals surface area contributed by atoms with Crippen molar-refractivity contribution in [1.82, 2.24) is 30.8 Å². The molecule has 0 spiro atoms. The van der Waals surface area contributed by atoms with E-state index in [0.717, 1.165) is 12.8 Å². The van der Waals surface area contributed by atoms with Crippen molar-refractivity contribution in [3.05, 3.63) is 41.2 Å². The third kappa shape index (κ3) is 3.67. The SMILES string of the molecule is CC(NC(=O)NCc1cccc(C(=O)O)c1)c1nnnn1C1CC1. The van der Waals surface area contributed by atoms with Crippen molar-refractivity contribution in [1.29, 1.82) is 0 Å². The van der Waals surface area contributed by atoms with E-state index in [-0.39, 0.29) is 24.2 Å². The van der Waals surface area contributed by atoms with E-state index in [9.17, 15) is 9.59 Å². The van der Waals surface area contributed by atoms with Gasteiger partial charge in [-0.15, -0.1) is 5.10 Å². The van der Waals surface area contributed by atoms with Crippen LogP contribution in [0.15, 0.2) is 24.3 Å². The molecule has 0 radical (unpaired) electrons. The highest BCUT2D eigenvalue weighted by atomic mass is 16.4. The van der Waals surface area contributed by atoms with Crippen molar-refractivity contribution in [2.24, 2.45) is 0 Å². The topological polar surface area (TPSA) is 122 Å². The summed E-state index contributed by atoms with van der Waals surface area (Å²) in [5.74, 6) is -0.373. The Morgan fingerprint density at radius 1 is 1.42 bits per heavy atom. The summed E-state index contributed by atoms with van der Waals surface area (Å²) >= 11 is 0. The number of nitrogens with one attached hydrogen (secondary N) is 2. The molecule has 1 aromatic carbocycles. The first kappa shape index (κ1) is 15.9. The van der Waals surface area contributed by atoms with Gasteiger partial charge in [-0.05, 0) is 47.9 Å². The minimum absolute atomic E-state index is 0.187. The monoisotopic (exact) mass is 330 g/mol. The molecule has 1 unspecified atom stereocenters. The normalized spacial score (nSPS) is 14.9. The highest BCUT2D eigenvalue weighted by Gasteiger charge is 2.29. The number of rotatable bonds is 6. The van der Waals surface area contributed by atoms with Crippen LogP contribution in [-0.2, 0) is 6.54 Å². The van der Waals surface area contributed by atoms with Gasteiger partial charge in [0.1, 0.15) is 0 Å². The molecule has 0 bridgehead atoms. The van der Waals surface area contributed by atoms with Crippen LogP contribution in [0.25, 0.3) is 0 Å². The Hall–Kier alpha value is -2.97. The van der Waals surface area contributed by atoms with Crippen LogP contribution in [0.3, 0.4) is 0 Å². The van der Waals surface area contributed by atoms with Gasteiger partial charge in [0, 0.05) is 6.54 Å². The number of urea groups is 1. The van der Waals surface area contributed by atoms with Crippen LogP contribution < -0.4 is 10.6 Å². The number of nitrogens with zero attached hydrogens (tertiary/aromatic N) is 4. The van der Waals surface area contributed by atoms with Crippen LogP contribution in [0.4, 0.5) is 4.79 Å². The Kier molecular flexibility index (Phi) is 4.41. The smallest absolute Gasteiger partial charge is 0.335 e. The highest BCUT2D eigenvalue weighted by molar-refractivity contribution is 5.87. The first-order valence-corrected chi connectivity index (χ1v) is 7.69. The molecule has 0 saturated heterocycles. The summed E-state index contributed by atoms with van der Waals surface area (Å²) < 4.78 is 1.75. The molecule has 2 aromatic rings. The van der Waals surface area contributed by atoms with Gasteiger partial charge in [0.15, 0.2) is 5.82 Å². The first-order chi connectivity index (χ1) is 11.5. The van der Waals surface area contributed by atoms with Crippen molar-refractivity contribution >= 4 is 12.0 Å². The van der Waals surface area contributed by atoms with Crippen LogP contribution in [0, 0.1) is 0 Å². The van der Waals surface area contributed by atoms with Gasteiger partial charge in [-0.25, -0.2) is 14.3 Å². The second kappa shape index (κ2) is 6.65. The number of carboxylic acid groups (broad SMARTS) is 1. The largest absolute Gasteiger partial charge is 0.478 e. The van der Waals surface area contributed by atoms with Crippen LogP contribution in [0.5, 0.6) is 0 Å². The third-order valence-electron chi connectivity index (χ3n) is 3.77. The summed E-state index contributed by atoms with van der Waals surface area (Å²) in [6, 6.07) is 6.07. The molecule has 9 nitrogen and oxygen atoms in total. The Bertz CT molecular complexity index is 755. The van der Waals surface area contributed by atoms with Crippen molar-refractivity contribution in [3.8, 4) is 0 Å². The molecule has 1 heterocycles. The summed E-state index contributed by atoms with van der Waals surface area (Å²) in [7, 11) is 0. The number of hydrogen-bond acceptors (Lipinski definition) is 5. The number of aromatic nitrogens is 4. The van der Waals surface area contributed by atoms with Gasteiger partial charge in [-0.3, -0.25) is 0 Å². The lowest BCUT2D eigenvalue weighted by atomic mass is 10.1. The van der Waals surface area contributed by atoms with E-state index in [2.05, 4.69) is 26.2 Å². The molecule has 1 aliphatic rings. The molecule has 2 amide bonds. The first-order valence-electron chi connectivity index (χ1n) is 7.69. The quantitative estimate of drug-likeness (QED) is 0.733. The molecule has 3 rings (SSSR count). The number of tetrazole rings is 1. The van der Waals surface area contributed by atoms with Crippen LogP contribution in [0.2, 0.25) is 0 Å². The van der Waals surface area contributed by atoms with E-state index in [1.165, 1.54) is 12.1 Å². The lowest BCUT2D eigenvalue weighted by Crippen LogP contribution is -2.37. The Morgan fingerprint density at radius 2 is 2.21 bits per heavy atom. The van der Waals surface area contributed by atoms with Gasteiger partial charge in [0.05, 0.1) is 17.6 Å². The molecule has 9 heteroatoms. The number of aromatic carboxylic acids is 1. The predicted octanol–water partition coefficient (Wildman–Crippen LogP) is 1.27. The van der Waals surface area contributed by atoms with Gasteiger partial charge in [0.25, 0.3) is 0 Å². The van der Waals surface area contributed by atoms with E-state index in [1.54, 1.807) is 16.8 Å². The van der Waals surface area contributed by atoms with Crippen molar-refractivity contribution in [3.63, 3.8) is 0 Å². The number of carboxylic acids is 1. The van der Waals surface area contributed by atoms with E-state index >= 15 is 0 Å². The molecule has 3 N–H and O–H groups in total. The number of amides is 2. The van der Waals surface area contributed by atoms with E-state index in [4.69, 9.17) is 5.11 Å². The molecule has 1 atom stereocenters. The Morgan fingerprint density at radius 3 is 2.92 bits per heavy atom. The number of carbonyl (C=O) groups excluding carboxylic acids is 1. The lowest BCUT2D eigenvalue weighted by molar-refractivity contribution is 0.0696. The molecule has 1 saturated carbocycles. The average molecular weight is 330 g/mol. The zero-order valence-corrected chi connectivity index (χ0v) is 13.1. The zero-order chi connectivity index (χ0) is 17.1. The van der Waals surface area contributed by atoms with Gasteiger partial charge < -0.3 is 15.7 Å². The van der Waals surface area contributed by atoms with E-state index in [0.29, 0.717) is 17.4 Å². The predicted molar refractivity (Wildman–Crippen MR) is 83.3 cm³/mol. The highest BCUT2D eigenvalue weighted by Crippen LogP contribution is 2.35. The molecule has 0 aliphatic heterocycles. The summed E-state index contributed by atoms with van der Waals surface area (Å²) in [4.78, 5) is 23.0. The summed E-state index contributed by atoms with van der Waals surface area (Å²) in [5.41, 5.74) is 0.896. The van der Waals surface area contributed by atoms with E-state index < -0.39 is 5.97 Å². The molecule has 1 fully saturated rings. The molecular weight excluding hydrogens is 312 g/mol. The Labute approximate surface area is 138 Å². The van der Waals surface area contributed by atoms with Gasteiger partial charge in [-0.2, -0.15) is 0 Å².